The highest BCUT2D eigenvalue weighted by molar-refractivity contribution is 9.10. The number of hydrogen-bond acceptors (Lipinski definition) is 4. The fraction of sp³-hybridized carbons (Fsp3) is 0.333. The summed E-state index contributed by atoms with van der Waals surface area (Å²) in [5, 5.41) is 8.13. The van der Waals surface area contributed by atoms with E-state index in [0.717, 1.165) is 32.3 Å². The van der Waals surface area contributed by atoms with Crippen molar-refractivity contribution in [3.8, 4) is 10.6 Å². The van der Waals surface area contributed by atoms with Gasteiger partial charge in [0.15, 0.2) is 0 Å². The average molecular weight is 322 g/mol. The molecular weight excluding hydrogens is 312 g/mol. The van der Waals surface area contributed by atoms with Crippen LogP contribution in [0.3, 0.4) is 0 Å². The maximum absolute atomic E-state index is 5.97. The number of nitrogens with two attached hydrogens (primary N) is 1. The van der Waals surface area contributed by atoms with Crippen molar-refractivity contribution in [1.82, 2.24) is 15.0 Å². The number of hydrogen-bond donors (Lipinski definition) is 1. The molecule has 0 atom stereocenters. The minimum Gasteiger partial charge on any atom is -0.330 e. The van der Waals surface area contributed by atoms with Gasteiger partial charge in [-0.3, -0.25) is 4.68 Å². The highest BCUT2D eigenvalue weighted by Gasteiger charge is 2.09. The molecule has 0 aliphatic carbocycles. The van der Waals surface area contributed by atoms with E-state index in [1.807, 2.05) is 12.3 Å². The summed E-state index contributed by atoms with van der Waals surface area (Å²) < 4.78 is 3.42. The maximum atomic E-state index is 5.97. The summed E-state index contributed by atoms with van der Waals surface area (Å²) in [5.74, 6) is 0. The third-order valence-corrected chi connectivity index (χ3v) is 4.52. The molecule has 0 aliphatic rings. The van der Waals surface area contributed by atoms with Gasteiger partial charge in [0.1, 0.15) is 10.0 Å². The van der Waals surface area contributed by atoms with Crippen LogP contribution in [0.15, 0.2) is 16.7 Å². The molecular formula is C9H10BrClN4S. The Labute approximate surface area is 111 Å². The summed E-state index contributed by atoms with van der Waals surface area (Å²) in [5.41, 5.74) is 6.28. The van der Waals surface area contributed by atoms with Crippen LogP contribution in [0.5, 0.6) is 0 Å². The van der Waals surface area contributed by atoms with E-state index in [0.29, 0.717) is 6.54 Å². The summed E-state index contributed by atoms with van der Waals surface area (Å²) >= 11 is 10.8. The van der Waals surface area contributed by atoms with Crippen LogP contribution in [0.4, 0.5) is 0 Å². The topological polar surface area (TPSA) is 56.7 Å². The van der Waals surface area contributed by atoms with E-state index in [-0.39, 0.29) is 0 Å². The number of thiophene rings is 1. The molecule has 0 radical (unpaired) electrons. The molecule has 0 saturated carbocycles. The second kappa shape index (κ2) is 5.27. The number of halogens is 2. The molecule has 0 aromatic carbocycles. The first-order valence-electron chi connectivity index (χ1n) is 4.76. The Balaban J connectivity index is 2.18. The normalized spacial score (nSPS) is 10.9. The van der Waals surface area contributed by atoms with Gasteiger partial charge in [0.2, 0.25) is 0 Å². The zero-order valence-electron chi connectivity index (χ0n) is 8.36. The predicted molar refractivity (Wildman–Crippen MR) is 69.7 cm³/mol. The van der Waals surface area contributed by atoms with Crippen molar-refractivity contribution < 1.29 is 0 Å². The Bertz CT molecular complexity index is 462. The molecule has 2 heterocycles. The van der Waals surface area contributed by atoms with Gasteiger partial charge in [-0.05, 0) is 35.0 Å². The first-order chi connectivity index (χ1) is 7.70. The highest BCUT2D eigenvalue weighted by Crippen LogP contribution is 2.36. The van der Waals surface area contributed by atoms with E-state index in [1.54, 1.807) is 4.68 Å². The quantitative estimate of drug-likeness (QED) is 0.942. The molecule has 0 saturated heterocycles. The van der Waals surface area contributed by atoms with Gasteiger partial charge in [0.25, 0.3) is 0 Å². The Morgan fingerprint density at radius 2 is 2.38 bits per heavy atom. The van der Waals surface area contributed by atoms with Gasteiger partial charge < -0.3 is 5.73 Å². The summed E-state index contributed by atoms with van der Waals surface area (Å²) in [4.78, 5) is 1.01. The molecule has 2 aromatic heterocycles. The van der Waals surface area contributed by atoms with Gasteiger partial charge in [-0.25, -0.2) is 0 Å². The van der Waals surface area contributed by atoms with E-state index in [9.17, 15) is 0 Å². The predicted octanol–water partition coefficient (Wildman–Crippen LogP) is 2.77. The van der Waals surface area contributed by atoms with Crippen LogP contribution >= 0.6 is 38.9 Å². The minimum atomic E-state index is 0.658. The summed E-state index contributed by atoms with van der Waals surface area (Å²) in [6, 6.07) is 1.95. The van der Waals surface area contributed by atoms with Gasteiger partial charge in [0, 0.05) is 11.0 Å². The smallest absolute Gasteiger partial charge is 0.123 e. The van der Waals surface area contributed by atoms with E-state index >= 15 is 0 Å². The Kier molecular flexibility index (Phi) is 3.96. The molecule has 0 amide bonds. The Hall–Kier alpha value is -0.430. The second-order valence-corrected chi connectivity index (χ2v) is 5.75. The van der Waals surface area contributed by atoms with Gasteiger partial charge in [0.05, 0.1) is 11.1 Å². The van der Waals surface area contributed by atoms with Crippen molar-refractivity contribution in [2.24, 2.45) is 5.73 Å². The van der Waals surface area contributed by atoms with Crippen molar-refractivity contribution in [1.29, 1.82) is 0 Å². The standard InChI is InChI=1S/C9H10BrClN4S/c10-6-4-8(16-9(6)11)7-5-15(14-13-7)3-1-2-12/h4-5H,1-3,12H2. The molecule has 16 heavy (non-hydrogen) atoms. The van der Waals surface area contributed by atoms with Crippen LogP contribution in [0.25, 0.3) is 10.6 Å². The van der Waals surface area contributed by atoms with Gasteiger partial charge in [-0.15, -0.1) is 16.4 Å². The minimum absolute atomic E-state index is 0.658. The van der Waals surface area contributed by atoms with Crippen molar-refractivity contribution in [2.75, 3.05) is 6.54 Å². The third kappa shape index (κ3) is 2.63. The molecule has 0 aliphatic heterocycles. The molecule has 7 heteroatoms. The fourth-order valence-electron chi connectivity index (χ4n) is 1.25. The zero-order chi connectivity index (χ0) is 11.5. The van der Waals surface area contributed by atoms with Gasteiger partial charge in [-0.1, -0.05) is 16.8 Å². The largest absolute Gasteiger partial charge is 0.330 e. The maximum Gasteiger partial charge on any atom is 0.123 e. The van der Waals surface area contributed by atoms with E-state index < -0.39 is 0 Å². The lowest BCUT2D eigenvalue weighted by Gasteiger charge is -1.95. The Morgan fingerprint density at radius 1 is 1.56 bits per heavy atom. The lowest BCUT2D eigenvalue weighted by Crippen LogP contribution is -2.06. The fourth-order valence-corrected chi connectivity index (χ4v) is 2.90. The summed E-state index contributed by atoms with van der Waals surface area (Å²) in [6.07, 6.45) is 2.81. The first kappa shape index (κ1) is 12.0. The molecule has 0 bridgehead atoms. The van der Waals surface area contributed by atoms with Crippen molar-refractivity contribution in [3.63, 3.8) is 0 Å². The summed E-state index contributed by atoms with van der Waals surface area (Å²) in [7, 11) is 0. The number of rotatable bonds is 4. The van der Waals surface area contributed by atoms with E-state index in [2.05, 4.69) is 26.2 Å². The van der Waals surface area contributed by atoms with Crippen LogP contribution in [-0.2, 0) is 6.54 Å². The Morgan fingerprint density at radius 3 is 3.00 bits per heavy atom. The zero-order valence-corrected chi connectivity index (χ0v) is 11.5. The van der Waals surface area contributed by atoms with E-state index in [4.69, 9.17) is 17.3 Å². The monoisotopic (exact) mass is 320 g/mol. The van der Waals surface area contributed by atoms with E-state index in [1.165, 1.54) is 11.3 Å². The lowest BCUT2D eigenvalue weighted by atomic mass is 10.4. The molecule has 0 spiro atoms. The van der Waals surface area contributed by atoms with Crippen LogP contribution in [-0.4, -0.2) is 21.5 Å². The third-order valence-electron chi connectivity index (χ3n) is 2.03. The van der Waals surface area contributed by atoms with Crippen LogP contribution < -0.4 is 5.73 Å². The lowest BCUT2D eigenvalue weighted by molar-refractivity contribution is 0.564. The van der Waals surface area contributed by atoms with Crippen LogP contribution in [0, 0.1) is 0 Å². The molecule has 86 valence electrons. The summed E-state index contributed by atoms with van der Waals surface area (Å²) in [6.45, 7) is 1.45. The average Bonchev–Trinajstić information content (AvgIpc) is 2.84. The molecule has 2 N–H and O–H groups in total. The van der Waals surface area contributed by atoms with Gasteiger partial charge >= 0.3 is 0 Å². The molecule has 4 nitrogen and oxygen atoms in total. The van der Waals surface area contributed by atoms with Crippen molar-refractivity contribution in [2.45, 2.75) is 13.0 Å². The first-order valence-corrected chi connectivity index (χ1v) is 6.75. The number of aromatic nitrogens is 3. The highest BCUT2D eigenvalue weighted by atomic mass is 79.9. The molecule has 2 rings (SSSR count). The SMILES string of the molecule is NCCCn1cc(-c2cc(Br)c(Cl)s2)nn1. The second-order valence-electron chi connectivity index (χ2n) is 3.24. The van der Waals surface area contributed by atoms with Crippen molar-refractivity contribution in [3.05, 3.63) is 21.1 Å². The molecule has 0 unspecified atom stereocenters. The van der Waals surface area contributed by atoms with Gasteiger partial charge in [-0.2, -0.15) is 0 Å². The number of nitrogens with zero attached hydrogens (tertiary/aromatic N) is 3. The number of aryl methyl sites for hydroxylation is 1. The van der Waals surface area contributed by atoms with Crippen LogP contribution in [0.1, 0.15) is 6.42 Å². The molecule has 0 fully saturated rings. The molecule has 2 aromatic rings. The van der Waals surface area contributed by atoms with Crippen molar-refractivity contribution >= 4 is 38.9 Å². The van der Waals surface area contributed by atoms with Crippen LogP contribution in [0.2, 0.25) is 4.34 Å².